The Kier molecular flexibility index (Phi) is 6.88. The Bertz CT molecular complexity index is 1740. The van der Waals surface area contributed by atoms with Crippen molar-refractivity contribution in [2.45, 2.75) is 31.7 Å². The van der Waals surface area contributed by atoms with Crippen molar-refractivity contribution in [1.29, 1.82) is 0 Å². The smallest absolute Gasteiger partial charge is 0.254 e. The van der Waals surface area contributed by atoms with Crippen LogP contribution in [-0.2, 0) is 0 Å². The minimum Gasteiger partial charge on any atom is -0.618 e. The maximum Gasteiger partial charge on any atom is 0.254 e. The predicted octanol–water partition coefficient (Wildman–Crippen LogP) is 3.73. The van der Waals surface area contributed by atoms with E-state index in [-0.39, 0.29) is 34.5 Å². The Morgan fingerprint density at radius 3 is 2.66 bits per heavy atom. The number of rotatable bonds is 8. The van der Waals surface area contributed by atoms with Gasteiger partial charge in [0.1, 0.15) is 34.4 Å². The van der Waals surface area contributed by atoms with Crippen molar-refractivity contribution in [3.8, 4) is 28.7 Å². The fourth-order valence-corrected chi connectivity index (χ4v) is 4.98. The summed E-state index contributed by atoms with van der Waals surface area (Å²) >= 11 is 0. The van der Waals surface area contributed by atoms with Gasteiger partial charge in [0, 0.05) is 18.0 Å². The summed E-state index contributed by atoms with van der Waals surface area (Å²) in [5.41, 5.74) is 1.64. The first kappa shape index (κ1) is 26.1. The quantitative estimate of drug-likeness (QED) is 0.226. The molecule has 0 saturated heterocycles. The fraction of sp³-hybridized carbons (Fsp3) is 0.241. The van der Waals surface area contributed by atoms with Gasteiger partial charge in [-0.25, -0.2) is 14.4 Å². The third-order valence-electron chi connectivity index (χ3n) is 7.09. The molecule has 1 aromatic carbocycles. The number of amides is 1. The van der Waals surface area contributed by atoms with Crippen molar-refractivity contribution in [1.82, 2.24) is 30.0 Å². The minimum atomic E-state index is -0.416. The molecule has 4 aromatic heterocycles. The van der Waals surface area contributed by atoms with Crippen LogP contribution in [-0.4, -0.2) is 50.4 Å². The average Bonchev–Trinajstić information content (AvgIpc) is 3.39. The Balaban J connectivity index is 1.24. The summed E-state index contributed by atoms with van der Waals surface area (Å²) in [4.78, 5) is 21.9. The number of nitrogens with zero attached hydrogens (tertiary/aromatic N) is 6. The van der Waals surface area contributed by atoms with Gasteiger partial charge in [0.05, 0.1) is 43.4 Å². The van der Waals surface area contributed by atoms with Gasteiger partial charge in [-0.1, -0.05) is 12.1 Å². The number of para-hydroxylation sites is 1. The molecule has 5 aromatic rings. The number of fused-ring (bicyclic) bond motifs is 1. The van der Waals surface area contributed by atoms with Crippen LogP contribution in [0.25, 0.3) is 28.2 Å². The molecule has 1 amide bonds. The molecule has 0 radical (unpaired) electrons. The molecular formula is C29H26FN7O4. The number of methoxy groups -OCH3 is 1. The van der Waals surface area contributed by atoms with Gasteiger partial charge in [-0.15, -0.1) is 10.2 Å². The number of nitrogens with one attached hydrogen (secondary N) is 1. The van der Waals surface area contributed by atoms with Crippen molar-refractivity contribution >= 4 is 16.9 Å². The monoisotopic (exact) mass is 555 g/mol. The van der Waals surface area contributed by atoms with E-state index in [1.165, 1.54) is 37.7 Å². The Labute approximate surface area is 234 Å². The highest BCUT2D eigenvalue weighted by Gasteiger charge is 2.37. The number of carbonyl (C=O) groups is 1. The number of hydrogen-bond acceptors (Lipinski definition) is 8. The molecule has 11 nitrogen and oxygen atoms in total. The lowest BCUT2D eigenvalue weighted by Gasteiger charge is -2.35. The summed E-state index contributed by atoms with van der Waals surface area (Å²) in [5.74, 6) is 1.19. The summed E-state index contributed by atoms with van der Waals surface area (Å²) in [5, 5.41) is 24.1. The minimum absolute atomic E-state index is 0.0810. The number of hydrogen-bond donors (Lipinski definition) is 1. The zero-order valence-corrected chi connectivity index (χ0v) is 22.3. The van der Waals surface area contributed by atoms with Crippen LogP contribution in [0.5, 0.6) is 11.5 Å². The first-order valence-electron chi connectivity index (χ1n) is 13.1. The van der Waals surface area contributed by atoms with E-state index in [0.717, 1.165) is 0 Å². The van der Waals surface area contributed by atoms with E-state index < -0.39 is 5.82 Å². The largest absolute Gasteiger partial charge is 0.618 e. The van der Waals surface area contributed by atoms with Crippen LogP contribution in [0, 0.1) is 11.0 Å². The first-order chi connectivity index (χ1) is 20.0. The molecule has 0 bridgehead atoms. The van der Waals surface area contributed by atoms with E-state index in [2.05, 4.69) is 25.5 Å². The highest BCUT2D eigenvalue weighted by Crippen LogP contribution is 2.39. The number of ether oxygens (including phenoxy) is 2. The van der Waals surface area contributed by atoms with Gasteiger partial charge in [-0.3, -0.25) is 9.36 Å². The molecule has 0 atom stereocenters. The number of benzene rings is 1. The molecule has 1 aliphatic rings. The predicted molar refractivity (Wildman–Crippen MR) is 146 cm³/mol. The summed E-state index contributed by atoms with van der Waals surface area (Å²) in [7, 11) is 1.48. The first-order valence-corrected chi connectivity index (χ1v) is 13.1. The second-order valence-corrected chi connectivity index (χ2v) is 9.62. The molecule has 1 N–H and O–H groups in total. The molecule has 0 spiro atoms. The van der Waals surface area contributed by atoms with Gasteiger partial charge in [0.2, 0.25) is 5.52 Å². The third kappa shape index (κ3) is 4.88. The topological polar surface area (TPSA) is 131 Å². The molecule has 1 fully saturated rings. The maximum absolute atomic E-state index is 15.0. The Morgan fingerprint density at radius 1 is 1.12 bits per heavy atom. The standard InChI is InChI=1S/C29H26FN7O4/c1-3-41-19-8-9-23(31-15-19)28-35-34-27(37(28)24-7-5-4-6-22(24)30)17-12-18(13-17)33-29(38)21-10-11-36(39)25-14-20(40-2)16-32-26(21)25/h4-11,14-18H,3,12-13H2,1-2H3,(H,33,38)/t17-,18-. The van der Waals surface area contributed by atoms with Crippen molar-refractivity contribution in [3.05, 3.63) is 89.5 Å². The van der Waals surface area contributed by atoms with Crippen LogP contribution >= 0.6 is 0 Å². The fourth-order valence-electron chi connectivity index (χ4n) is 4.98. The molecular weight excluding hydrogens is 529 g/mol. The van der Waals surface area contributed by atoms with E-state index in [1.807, 2.05) is 6.92 Å². The zero-order valence-electron chi connectivity index (χ0n) is 22.3. The van der Waals surface area contributed by atoms with E-state index in [4.69, 9.17) is 9.47 Å². The summed E-state index contributed by atoms with van der Waals surface area (Å²) in [6, 6.07) is 12.8. The molecule has 208 valence electrons. The normalized spacial score (nSPS) is 16.3. The van der Waals surface area contributed by atoms with E-state index in [9.17, 15) is 10.0 Å². The molecule has 6 rings (SSSR count). The van der Waals surface area contributed by atoms with Crippen molar-refractivity contribution in [2.24, 2.45) is 0 Å². The highest BCUT2D eigenvalue weighted by molar-refractivity contribution is 6.04. The van der Waals surface area contributed by atoms with Gasteiger partial charge < -0.3 is 20.0 Å². The molecule has 1 aliphatic carbocycles. The summed E-state index contributed by atoms with van der Waals surface area (Å²) < 4.78 is 28.0. The van der Waals surface area contributed by atoms with Gasteiger partial charge in [0.15, 0.2) is 12.0 Å². The second kappa shape index (κ2) is 10.8. The molecule has 0 aliphatic heterocycles. The van der Waals surface area contributed by atoms with Crippen LogP contribution in [0.3, 0.4) is 0 Å². The Hall–Kier alpha value is -5.13. The Morgan fingerprint density at radius 2 is 1.93 bits per heavy atom. The summed E-state index contributed by atoms with van der Waals surface area (Å²) in [6.07, 6.45) is 5.48. The summed E-state index contributed by atoms with van der Waals surface area (Å²) in [6.45, 7) is 2.40. The highest BCUT2D eigenvalue weighted by atomic mass is 19.1. The number of aromatic nitrogens is 6. The van der Waals surface area contributed by atoms with Crippen LogP contribution in [0.15, 0.2) is 67.1 Å². The lowest BCUT2D eigenvalue weighted by molar-refractivity contribution is -0.577. The molecule has 1 saturated carbocycles. The van der Waals surface area contributed by atoms with Crippen molar-refractivity contribution in [2.75, 3.05) is 13.7 Å². The SMILES string of the molecule is CCOc1ccc(-c2nnc([C@H]3C[C@H](NC(=O)c4cc[n+]([O-])c5cc(OC)cnc45)C3)n2-c2ccccc2F)nc1. The number of halogens is 1. The lowest BCUT2D eigenvalue weighted by atomic mass is 9.79. The number of pyridine rings is 3. The van der Waals surface area contributed by atoms with Crippen molar-refractivity contribution in [3.63, 3.8) is 0 Å². The van der Waals surface area contributed by atoms with Crippen LogP contribution in [0.4, 0.5) is 4.39 Å². The van der Waals surface area contributed by atoms with Crippen LogP contribution in [0.2, 0.25) is 0 Å². The third-order valence-corrected chi connectivity index (χ3v) is 7.09. The molecule has 41 heavy (non-hydrogen) atoms. The molecule has 0 unspecified atom stereocenters. The van der Waals surface area contributed by atoms with E-state index in [1.54, 1.807) is 41.1 Å². The second-order valence-electron chi connectivity index (χ2n) is 9.62. The van der Waals surface area contributed by atoms with Gasteiger partial charge >= 0.3 is 0 Å². The zero-order chi connectivity index (χ0) is 28.5. The van der Waals surface area contributed by atoms with Crippen LogP contribution in [0.1, 0.15) is 41.9 Å². The lowest BCUT2D eigenvalue weighted by Crippen LogP contribution is -2.44. The van der Waals surface area contributed by atoms with Gasteiger partial charge in [-0.2, -0.15) is 4.73 Å². The maximum atomic E-state index is 15.0. The molecule has 4 heterocycles. The van der Waals surface area contributed by atoms with Crippen molar-refractivity contribution < 1.29 is 23.4 Å². The number of carbonyl (C=O) groups excluding carboxylic acids is 1. The van der Waals surface area contributed by atoms with Gasteiger partial charge in [0.25, 0.3) is 5.91 Å². The van der Waals surface area contributed by atoms with E-state index in [0.29, 0.717) is 58.7 Å². The average molecular weight is 556 g/mol. The van der Waals surface area contributed by atoms with Gasteiger partial charge in [-0.05, 0) is 44.0 Å². The van der Waals surface area contributed by atoms with E-state index >= 15 is 4.39 Å². The molecule has 12 heteroatoms. The van der Waals surface area contributed by atoms with Crippen LogP contribution < -0.4 is 19.5 Å².